The Hall–Kier alpha value is -1.48. The van der Waals surface area contributed by atoms with Gasteiger partial charge in [0.25, 0.3) is 0 Å². The average molecular weight is 262 g/mol. The minimum Gasteiger partial charge on any atom is -0.362 e. The van der Waals surface area contributed by atoms with Crippen molar-refractivity contribution in [3.05, 3.63) is 47.5 Å². The number of aromatic nitrogens is 2. The summed E-state index contributed by atoms with van der Waals surface area (Å²) in [4.78, 5) is 6.78. The van der Waals surface area contributed by atoms with E-state index in [-0.39, 0.29) is 0 Å². The van der Waals surface area contributed by atoms with Crippen molar-refractivity contribution in [2.24, 2.45) is 0 Å². The van der Waals surface area contributed by atoms with Crippen molar-refractivity contribution in [1.29, 1.82) is 0 Å². The van der Waals surface area contributed by atoms with Crippen molar-refractivity contribution >= 4 is 17.3 Å². The summed E-state index contributed by atoms with van der Waals surface area (Å²) in [5.41, 5.74) is 3.75. The SMILES string of the molecule is Cc1cc(CCl)ccc1N1CCn2ccnc2C1. The number of halogens is 1. The Kier molecular flexibility index (Phi) is 3.00. The highest BCUT2D eigenvalue weighted by Gasteiger charge is 2.18. The predicted octanol–water partition coefficient (Wildman–Crippen LogP) is 2.95. The summed E-state index contributed by atoms with van der Waals surface area (Å²) in [5, 5.41) is 0. The fraction of sp³-hybridized carbons (Fsp3) is 0.357. The first kappa shape index (κ1) is 11.6. The molecule has 0 bridgehead atoms. The standard InChI is InChI=1S/C14H16ClN3/c1-11-8-12(9-15)2-3-13(11)18-7-6-17-5-4-16-14(17)10-18/h2-5,8H,6-7,9-10H2,1H3. The minimum atomic E-state index is 0.575. The summed E-state index contributed by atoms with van der Waals surface area (Å²) in [6, 6.07) is 6.45. The van der Waals surface area contributed by atoms with Crippen molar-refractivity contribution in [3.8, 4) is 0 Å². The molecular formula is C14H16ClN3. The molecule has 0 unspecified atom stereocenters. The van der Waals surface area contributed by atoms with Crippen LogP contribution in [0.4, 0.5) is 5.69 Å². The summed E-state index contributed by atoms with van der Waals surface area (Å²) in [6.45, 7) is 5.07. The van der Waals surface area contributed by atoms with Crippen LogP contribution in [0.1, 0.15) is 17.0 Å². The van der Waals surface area contributed by atoms with Crippen LogP contribution in [0.5, 0.6) is 0 Å². The van der Waals surface area contributed by atoms with Crippen LogP contribution in [0, 0.1) is 6.92 Å². The quantitative estimate of drug-likeness (QED) is 0.775. The van der Waals surface area contributed by atoms with Gasteiger partial charge in [0.15, 0.2) is 0 Å². The first-order chi connectivity index (χ1) is 8.78. The van der Waals surface area contributed by atoms with E-state index in [0.29, 0.717) is 5.88 Å². The van der Waals surface area contributed by atoms with Gasteiger partial charge in [0.05, 0.1) is 6.54 Å². The van der Waals surface area contributed by atoms with Crippen molar-refractivity contribution in [2.75, 3.05) is 11.4 Å². The third-order valence-corrected chi connectivity index (χ3v) is 3.81. The molecular weight excluding hydrogens is 246 g/mol. The summed E-state index contributed by atoms with van der Waals surface area (Å²) < 4.78 is 2.22. The van der Waals surface area contributed by atoms with E-state index in [4.69, 9.17) is 11.6 Å². The molecule has 1 aliphatic rings. The van der Waals surface area contributed by atoms with Crippen molar-refractivity contribution in [1.82, 2.24) is 9.55 Å². The highest BCUT2D eigenvalue weighted by Crippen LogP contribution is 2.25. The number of nitrogens with zero attached hydrogens (tertiary/aromatic N) is 3. The molecule has 0 radical (unpaired) electrons. The van der Waals surface area contributed by atoms with Crippen LogP contribution in [0.2, 0.25) is 0 Å². The average Bonchev–Trinajstić information content (AvgIpc) is 2.85. The molecule has 0 saturated heterocycles. The summed E-state index contributed by atoms with van der Waals surface area (Å²) >= 11 is 5.86. The Morgan fingerprint density at radius 2 is 2.22 bits per heavy atom. The number of fused-ring (bicyclic) bond motifs is 1. The largest absolute Gasteiger partial charge is 0.362 e. The first-order valence-electron chi connectivity index (χ1n) is 6.18. The Labute approximate surface area is 112 Å². The zero-order valence-electron chi connectivity index (χ0n) is 10.4. The second-order valence-electron chi connectivity index (χ2n) is 4.71. The van der Waals surface area contributed by atoms with E-state index in [1.165, 1.54) is 16.8 Å². The van der Waals surface area contributed by atoms with E-state index < -0.39 is 0 Å². The van der Waals surface area contributed by atoms with E-state index in [0.717, 1.165) is 25.5 Å². The molecule has 1 aromatic carbocycles. The lowest BCUT2D eigenvalue weighted by Gasteiger charge is -2.31. The molecule has 3 rings (SSSR count). The van der Waals surface area contributed by atoms with Gasteiger partial charge in [0.1, 0.15) is 5.82 Å². The zero-order valence-corrected chi connectivity index (χ0v) is 11.2. The summed E-state index contributed by atoms with van der Waals surface area (Å²) in [6.07, 6.45) is 3.93. The van der Waals surface area contributed by atoms with Gasteiger partial charge < -0.3 is 9.47 Å². The lowest BCUT2D eigenvalue weighted by Crippen LogP contribution is -2.34. The molecule has 0 amide bonds. The molecule has 3 nitrogen and oxygen atoms in total. The Morgan fingerprint density at radius 3 is 3.00 bits per heavy atom. The number of benzene rings is 1. The molecule has 0 N–H and O–H groups in total. The molecule has 1 aromatic heterocycles. The summed E-state index contributed by atoms with van der Waals surface area (Å²) in [7, 11) is 0. The van der Waals surface area contributed by atoms with E-state index in [1.807, 2.05) is 6.20 Å². The summed E-state index contributed by atoms with van der Waals surface area (Å²) in [5.74, 6) is 1.72. The lowest BCUT2D eigenvalue weighted by atomic mass is 10.1. The van der Waals surface area contributed by atoms with Gasteiger partial charge in [-0.1, -0.05) is 12.1 Å². The van der Waals surface area contributed by atoms with Crippen molar-refractivity contribution < 1.29 is 0 Å². The topological polar surface area (TPSA) is 21.1 Å². The van der Waals surface area contributed by atoms with E-state index in [9.17, 15) is 0 Å². The maximum atomic E-state index is 5.86. The highest BCUT2D eigenvalue weighted by atomic mass is 35.5. The molecule has 18 heavy (non-hydrogen) atoms. The van der Waals surface area contributed by atoms with Gasteiger partial charge in [-0.15, -0.1) is 11.6 Å². The second kappa shape index (κ2) is 4.65. The number of hydrogen-bond donors (Lipinski definition) is 0. The molecule has 1 aliphatic heterocycles. The number of alkyl halides is 1. The highest BCUT2D eigenvalue weighted by molar-refractivity contribution is 6.17. The number of hydrogen-bond acceptors (Lipinski definition) is 2. The van der Waals surface area contributed by atoms with Gasteiger partial charge in [0, 0.05) is 37.1 Å². The second-order valence-corrected chi connectivity index (χ2v) is 4.98. The van der Waals surface area contributed by atoms with Crippen LogP contribution in [-0.4, -0.2) is 16.1 Å². The Bertz CT molecular complexity index is 562. The lowest BCUT2D eigenvalue weighted by molar-refractivity contribution is 0.559. The van der Waals surface area contributed by atoms with Gasteiger partial charge in [0.2, 0.25) is 0 Å². The normalized spacial score (nSPS) is 14.7. The van der Waals surface area contributed by atoms with Crippen molar-refractivity contribution in [3.63, 3.8) is 0 Å². The minimum absolute atomic E-state index is 0.575. The van der Waals surface area contributed by atoms with Crippen LogP contribution < -0.4 is 4.90 Å². The molecule has 0 atom stereocenters. The Balaban J connectivity index is 1.88. The number of anilines is 1. The third kappa shape index (κ3) is 1.99. The molecule has 0 fully saturated rings. The van der Waals surface area contributed by atoms with Gasteiger partial charge >= 0.3 is 0 Å². The maximum Gasteiger partial charge on any atom is 0.128 e. The number of imidazole rings is 1. The molecule has 0 aliphatic carbocycles. The van der Waals surface area contributed by atoms with Crippen LogP contribution >= 0.6 is 11.6 Å². The van der Waals surface area contributed by atoms with E-state index >= 15 is 0 Å². The third-order valence-electron chi connectivity index (χ3n) is 3.50. The van der Waals surface area contributed by atoms with Crippen LogP contribution in [0.25, 0.3) is 0 Å². The molecule has 0 spiro atoms. The van der Waals surface area contributed by atoms with Gasteiger partial charge in [-0.2, -0.15) is 0 Å². The first-order valence-corrected chi connectivity index (χ1v) is 6.72. The van der Waals surface area contributed by atoms with E-state index in [1.54, 1.807) is 0 Å². The van der Waals surface area contributed by atoms with Gasteiger partial charge in [-0.3, -0.25) is 0 Å². The molecule has 94 valence electrons. The molecule has 2 heterocycles. The number of rotatable bonds is 2. The predicted molar refractivity (Wildman–Crippen MR) is 74.0 cm³/mol. The molecule has 2 aromatic rings. The number of aryl methyl sites for hydroxylation is 1. The Morgan fingerprint density at radius 1 is 1.33 bits per heavy atom. The monoisotopic (exact) mass is 261 g/mol. The van der Waals surface area contributed by atoms with Crippen LogP contribution in [0.15, 0.2) is 30.6 Å². The molecule has 0 saturated carbocycles. The van der Waals surface area contributed by atoms with E-state index in [2.05, 4.69) is 45.8 Å². The van der Waals surface area contributed by atoms with Gasteiger partial charge in [-0.05, 0) is 24.1 Å². The van der Waals surface area contributed by atoms with Crippen LogP contribution in [0.3, 0.4) is 0 Å². The maximum absolute atomic E-state index is 5.86. The zero-order chi connectivity index (χ0) is 12.5. The van der Waals surface area contributed by atoms with Crippen molar-refractivity contribution in [2.45, 2.75) is 25.9 Å². The smallest absolute Gasteiger partial charge is 0.128 e. The fourth-order valence-electron chi connectivity index (χ4n) is 2.53. The fourth-order valence-corrected chi connectivity index (χ4v) is 2.70. The molecule has 4 heteroatoms. The van der Waals surface area contributed by atoms with Crippen LogP contribution in [-0.2, 0) is 19.0 Å². The van der Waals surface area contributed by atoms with Gasteiger partial charge in [-0.25, -0.2) is 4.98 Å².